The van der Waals surface area contributed by atoms with Gasteiger partial charge in [0.05, 0.1) is 6.10 Å². The quantitative estimate of drug-likeness (QED) is 0.790. The number of ether oxygens (including phenoxy) is 1. The van der Waals surface area contributed by atoms with E-state index >= 15 is 0 Å². The van der Waals surface area contributed by atoms with Crippen molar-refractivity contribution in [3.8, 4) is 16.3 Å². The van der Waals surface area contributed by atoms with Crippen molar-refractivity contribution in [2.24, 2.45) is 0 Å². The lowest BCUT2D eigenvalue weighted by Crippen LogP contribution is -2.50. The van der Waals surface area contributed by atoms with Gasteiger partial charge in [-0.3, -0.25) is 0 Å². The molecule has 0 unspecified atom stereocenters. The monoisotopic (exact) mass is 325 g/mol. The summed E-state index contributed by atoms with van der Waals surface area (Å²) in [4.78, 5) is 4.25. The lowest BCUT2D eigenvalue weighted by atomic mass is 10.1. The zero-order valence-corrected chi connectivity index (χ0v) is 12.6. The number of nitrogens with zero attached hydrogens (tertiary/aromatic N) is 1. The molecule has 1 aromatic carbocycles. The Morgan fingerprint density at radius 1 is 1.19 bits per heavy atom. The minimum Gasteiger partial charge on any atom is -0.477 e. The van der Waals surface area contributed by atoms with Crippen LogP contribution in [0, 0.1) is 0 Å². The highest BCUT2D eigenvalue weighted by Gasteiger charge is 2.38. The molecule has 1 aromatic heterocycles. The second-order valence-corrected chi connectivity index (χ2v) is 6.76. The van der Waals surface area contributed by atoms with Crippen LogP contribution in [0.2, 0.25) is 0 Å². The van der Waals surface area contributed by atoms with E-state index in [1.807, 2.05) is 23.6 Å². The third kappa shape index (κ3) is 3.22. The maximum absolute atomic E-state index is 9.96. The lowest BCUT2D eigenvalue weighted by molar-refractivity contribution is -0.0786. The second-order valence-electron chi connectivity index (χ2n) is 4.73. The van der Waals surface area contributed by atoms with Gasteiger partial charge >= 0.3 is 0 Å². The maximum Gasteiger partial charge on any atom is 0.173 e. The number of hydrogen-bond acceptors (Lipinski definition) is 7. The van der Waals surface area contributed by atoms with Crippen LogP contribution >= 0.6 is 23.1 Å². The molecule has 4 atom stereocenters. The van der Waals surface area contributed by atoms with Crippen LogP contribution in [0.25, 0.3) is 10.6 Å². The van der Waals surface area contributed by atoms with Crippen molar-refractivity contribution in [3.63, 3.8) is 0 Å². The Hall–Kier alpha value is -1.12. The highest BCUT2D eigenvalue weighted by atomic mass is 32.2. The minimum absolute atomic E-state index is 0.328. The van der Waals surface area contributed by atoms with Gasteiger partial charge in [-0.2, -0.15) is 0 Å². The Kier molecular flexibility index (Phi) is 4.46. The third-order valence-electron chi connectivity index (χ3n) is 3.22. The smallest absolute Gasteiger partial charge is 0.173 e. The van der Waals surface area contributed by atoms with Crippen LogP contribution in [0.4, 0.5) is 0 Å². The molecule has 21 heavy (non-hydrogen) atoms. The van der Waals surface area contributed by atoms with Crippen LogP contribution in [0.5, 0.6) is 5.75 Å². The normalized spacial score (nSPS) is 29.3. The van der Waals surface area contributed by atoms with Gasteiger partial charge in [-0.05, 0) is 12.1 Å². The molecule has 0 saturated carbocycles. The fourth-order valence-corrected chi connectivity index (χ4v) is 3.84. The van der Waals surface area contributed by atoms with Crippen LogP contribution < -0.4 is 4.74 Å². The molecular weight excluding hydrogens is 310 g/mol. The molecule has 2 heterocycles. The van der Waals surface area contributed by atoms with Gasteiger partial charge < -0.3 is 20.1 Å². The summed E-state index contributed by atoms with van der Waals surface area (Å²) in [5.41, 5.74) is 0.341. The van der Waals surface area contributed by atoms with E-state index in [4.69, 9.17) is 4.74 Å². The fraction of sp³-hybridized carbons (Fsp3) is 0.357. The number of hydrogen-bond donors (Lipinski definition) is 3. The lowest BCUT2D eigenvalue weighted by Gasteiger charge is -2.34. The SMILES string of the molecule is O[C@@H]1[C@@H](O)[C@@H](Oc2cccc(-c3nccs3)c2)SC[C@H]1O. The predicted molar refractivity (Wildman–Crippen MR) is 82.4 cm³/mol. The molecule has 0 bridgehead atoms. The van der Waals surface area contributed by atoms with Crippen LogP contribution in [0.15, 0.2) is 35.8 Å². The molecule has 112 valence electrons. The molecule has 1 aliphatic rings. The molecule has 3 rings (SSSR count). The molecule has 0 amide bonds. The Labute approximate surface area is 130 Å². The van der Waals surface area contributed by atoms with Gasteiger partial charge in [-0.25, -0.2) is 4.98 Å². The first kappa shape index (κ1) is 14.8. The Morgan fingerprint density at radius 3 is 2.81 bits per heavy atom. The molecule has 2 aromatic rings. The van der Waals surface area contributed by atoms with Crippen molar-refractivity contribution in [1.29, 1.82) is 0 Å². The van der Waals surface area contributed by atoms with Crippen molar-refractivity contribution >= 4 is 23.1 Å². The molecular formula is C14H15NO4S2. The van der Waals surface area contributed by atoms with E-state index in [1.165, 1.54) is 23.1 Å². The predicted octanol–water partition coefficient (Wildman–Crippen LogP) is 1.34. The Balaban J connectivity index is 1.75. The van der Waals surface area contributed by atoms with Crippen molar-refractivity contribution in [2.45, 2.75) is 23.7 Å². The van der Waals surface area contributed by atoms with Crippen molar-refractivity contribution in [1.82, 2.24) is 4.98 Å². The van der Waals surface area contributed by atoms with E-state index in [9.17, 15) is 15.3 Å². The summed E-state index contributed by atoms with van der Waals surface area (Å²) in [5, 5.41) is 32.0. The number of aliphatic hydroxyl groups is 3. The molecule has 7 heteroatoms. The van der Waals surface area contributed by atoms with Gasteiger partial charge in [0.1, 0.15) is 23.0 Å². The first-order valence-electron chi connectivity index (χ1n) is 6.47. The topological polar surface area (TPSA) is 82.8 Å². The van der Waals surface area contributed by atoms with Crippen LogP contribution in [-0.2, 0) is 0 Å². The number of aliphatic hydroxyl groups excluding tert-OH is 3. The molecule has 0 aliphatic carbocycles. The summed E-state index contributed by atoms with van der Waals surface area (Å²) in [6.07, 6.45) is -1.49. The highest BCUT2D eigenvalue weighted by molar-refractivity contribution is 7.99. The van der Waals surface area contributed by atoms with Crippen LogP contribution in [0.1, 0.15) is 0 Å². The largest absolute Gasteiger partial charge is 0.477 e. The zero-order valence-electron chi connectivity index (χ0n) is 11.0. The standard InChI is InChI=1S/C14H15NO4S2/c16-10-7-21-14(12(18)11(10)17)19-9-3-1-2-8(6-9)13-15-4-5-20-13/h1-6,10-12,14,16-18H,7H2/t10-,11+,12-,14+/m1/s1. The van der Waals surface area contributed by atoms with Gasteiger partial charge in [0.2, 0.25) is 0 Å². The van der Waals surface area contributed by atoms with E-state index < -0.39 is 23.7 Å². The second kappa shape index (κ2) is 6.33. The number of aromatic nitrogens is 1. The van der Waals surface area contributed by atoms with Crippen molar-refractivity contribution < 1.29 is 20.1 Å². The summed E-state index contributed by atoms with van der Waals surface area (Å²) < 4.78 is 5.74. The summed E-state index contributed by atoms with van der Waals surface area (Å²) in [6, 6.07) is 7.44. The molecule has 5 nitrogen and oxygen atoms in total. The van der Waals surface area contributed by atoms with Crippen molar-refractivity contribution in [2.75, 3.05) is 5.75 Å². The molecule has 0 radical (unpaired) electrons. The first-order valence-corrected chi connectivity index (χ1v) is 8.40. The number of thioether (sulfide) groups is 1. The van der Waals surface area contributed by atoms with Gasteiger partial charge in [0.25, 0.3) is 0 Å². The van der Waals surface area contributed by atoms with Gasteiger partial charge in [-0.1, -0.05) is 12.1 Å². The fourth-order valence-electron chi connectivity index (χ4n) is 2.09. The van der Waals surface area contributed by atoms with Gasteiger partial charge in [-0.15, -0.1) is 23.1 Å². The molecule has 1 aliphatic heterocycles. The molecule has 1 saturated heterocycles. The Morgan fingerprint density at radius 2 is 2.05 bits per heavy atom. The van der Waals surface area contributed by atoms with E-state index in [0.29, 0.717) is 11.5 Å². The number of thiazole rings is 1. The average molecular weight is 325 g/mol. The van der Waals surface area contributed by atoms with Crippen LogP contribution in [0.3, 0.4) is 0 Å². The van der Waals surface area contributed by atoms with E-state index in [1.54, 1.807) is 12.3 Å². The van der Waals surface area contributed by atoms with Crippen molar-refractivity contribution in [3.05, 3.63) is 35.8 Å². The van der Waals surface area contributed by atoms with Crippen LogP contribution in [-0.4, -0.2) is 49.8 Å². The highest BCUT2D eigenvalue weighted by Crippen LogP contribution is 2.31. The minimum atomic E-state index is -1.18. The van der Waals surface area contributed by atoms with E-state index in [2.05, 4.69) is 4.98 Å². The number of rotatable bonds is 3. The van der Waals surface area contributed by atoms with E-state index in [-0.39, 0.29) is 0 Å². The Bertz CT molecular complexity index is 592. The summed E-state index contributed by atoms with van der Waals surface area (Å²) in [5.74, 6) is 0.928. The number of benzene rings is 1. The average Bonchev–Trinajstić information content (AvgIpc) is 3.03. The van der Waals surface area contributed by atoms with E-state index in [0.717, 1.165) is 10.6 Å². The zero-order chi connectivity index (χ0) is 14.8. The molecule has 3 N–H and O–H groups in total. The molecule has 0 spiro atoms. The summed E-state index contributed by atoms with van der Waals surface area (Å²) >= 11 is 2.82. The maximum atomic E-state index is 9.96. The first-order chi connectivity index (χ1) is 10.1. The van der Waals surface area contributed by atoms with Gasteiger partial charge in [0.15, 0.2) is 5.44 Å². The third-order valence-corrected chi connectivity index (χ3v) is 5.28. The molecule has 1 fully saturated rings. The van der Waals surface area contributed by atoms with Gasteiger partial charge in [0, 0.05) is 22.9 Å². The summed E-state index contributed by atoms with van der Waals surface area (Å²) in [7, 11) is 0. The summed E-state index contributed by atoms with van der Waals surface area (Å²) in [6.45, 7) is 0.